The number of aromatic nitrogens is 10. The predicted octanol–water partition coefficient (Wildman–Crippen LogP) is 10.6. The minimum atomic E-state index is -1.13. The van der Waals surface area contributed by atoms with Gasteiger partial charge in [0.25, 0.3) is 0 Å². The number of aryl methyl sites for hydroxylation is 2. The van der Waals surface area contributed by atoms with Crippen molar-refractivity contribution in [3.63, 3.8) is 0 Å². The van der Waals surface area contributed by atoms with Gasteiger partial charge in [-0.25, -0.2) is 39.9 Å². The van der Waals surface area contributed by atoms with Gasteiger partial charge in [0.05, 0.1) is 41.0 Å². The highest BCUT2D eigenvalue weighted by molar-refractivity contribution is 6.76. The summed E-state index contributed by atoms with van der Waals surface area (Å²) in [6.45, 7) is 14.9. The van der Waals surface area contributed by atoms with Crippen LogP contribution < -0.4 is 19.3 Å². The zero-order chi connectivity index (χ0) is 46.4. The van der Waals surface area contributed by atoms with Crippen LogP contribution in [0.25, 0.3) is 66.4 Å². The van der Waals surface area contributed by atoms with Crippen molar-refractivity contribution in [3.8, 4) is 33.8 Å². The van der Waals surface area contributed by atoms with Gasteiger partial charge in [0, 0.05) is 49.0 Å². The van der Waals surface area contributed by atoms with E-state index in [1.54, 1.807) is 12.7 Å². The summed E-state index contributed by atoms with van der Waals surface area (Å²) in [7, 11) is -1.13. The van der Waals surface area contributed by atoms with Gasteiger partial charge in [0.2, 0.25) is 0 Å². The maximum atomic E-state index is 5.99. The lowest BCUT2D eigenvalue weighted by Crippen LogP contribution is -2.29. The monoisotopic (exact) mass is 918 g/mol. The van der Waals surface area contributed by atoms with E-state index in [1.807, 2.05) is 79.3 Å². The van der Waals surface area contributed by atoms with Crippen molar-refractivity contribution < 1.29 is 14.2 Å². The van der Waals surface area contributed by atoms with Crippen molar-refractivity contribution in [3.05, 3.63) is 134 Å². The molecule has 0 unspecified atom stereocenters. The Hall–Kier alpha value is -7.82. The lowest BCUT2D eigenvalue weighted by Gasteiger charge is -2.30. The Kier molecular flexibility index (Phi) is 11.2. The molecule has 0 spiro atoms. The molecule has 10 aromatic rings. The standard InChI is InChI=1S/C29H32N6O2Si.C23H18N6O/c1-20-33-25-16-22(17-30-29(25)35(20)19-36-13-14-38(2,3)4)21-9-10-24-23(15-21)28(32-18-31-24)34-11-12-37-27-8-6-5-7-26(27)34;1-14-27-19-11-16(12-24-22(19)28-14)15-6-7-18-17(10-15)23(26-13-25-18)29-8-9-30-21-5-3-2-4-20(21)29/h5-10,15-18H,11-14,19H2,1-4H3;2-7,10-13H,8-9H2,1H3,(H,24,27,28). The van der Waals surface area contributed by atoms with Crippen LogP contribution in [0.1, 0.15) is 11.6 Å². The van der Waals surface area contributed by atoms with Crippen LogP contribution in [0.15, 0.2) is 122 Å². The number of imidazole rings is 2. The number of para-hydroxylation sites is 4. The van der Waals surface area contributed by atoms with Crippen LogP contribution in [-0.4, -0.2) is 90.4 Å². The quantitative estimate of drug-likeness (QED) is 0.108. The Bertz CT molecular complexity index is 3500. The van der Waals surface area contributed by atoms with Crippen molar-refractivity contribution in [1.82, 2.24) is 49.4 Å². The van der Waals surface area contributed by atoms with E-state index >= 15 is 0 Å². The molecule has 12 rings (SSSR count). The number of aromatic amines is 1. The van der Waals surface area contributed by atoms with E-state index in [4.69, 9.17) is 29.2 Å². The number of rotatable bonds is 9. The van der Waals surface area contributed by atoms with Gasteiger partial charge in [-0.05, 0) is 91.7 Å². The Labute approximate surface area is 393 Å². The number of hydrogen-bond donors (Lipinski definition) is 1. The summed E-state index contributed by atoms with van der Waals surface area (Å²) in [6, 6.07) is 34.0. The maximum Gasteiger partial charge on any atom is 0.177 e. The molecule has 2 aliphatic rings. The zero-order valence-electron chi connectivity index (χ0n) is 38.6. The smallest absolute Gasteiger partial charge is 0.177 e. The Morgan fingerprint density at radius 1 is 0.618 bits per heavy atom. The second-order valence-electron chi connectivity index (χ2n) is 18.2. The minimum absolute atomic E-state index is 0.469. The number of nitrogens with zero attached hydrogens (tertiary/aromatic N) is 11. The van der Waals surface area contributed by atoms with E-state index in [2.05, 4.69) is 108 Å². The summed E-state index contributed by atoms with van der Waals surface area (Å²) in [5.41, 5.74) is 11.3. The molecule has 4 aromatic carbocycles. The van der Waals surface area contributed by atoms with Gasteiger partial charge in [-0.3, -0.25) is 4.57 Å². The Morgan fingerprint density at radius 3 is 1.82 bits per heavy atom. The topological polar surface area (TPSA) is 158 Å². The van der Waals surface area contributed by atoms with E-state index in [0.717, 1.165) is 138 Å². The van der Waals surface area contributed by atoms with Gasteiger partial charge in [-0.1, -0.05) is 56.0 Å². The molecule has 0 radical (unpaired) electrons. The molecule has 0 aliphatic carbocycles. The normalized spacial score (nSPS) is 13.5. The molecule has 2 aliphatic heterocycles. The Morgan fingerprint density at radius 2 is 1.21 bits per heavy atom. The van der Waals surface area contributed by atoms with Crippen molar-refractivity contribution in [2.75, 3.05) is 42.7 Å². The van der Waals surface area contributed by atoms with Gasteiger partial charge in [0.15, 0.2) is 11.3 Å². The van der Waals surface area contributed by atoms with Crippen molar-refractivity contribution in [2.45, 2.75) is 46.3 Å². The molecule has 6 aromatic heterocycles. The largest absolute Gasteiger partial charge is 0.490 e. The lowest BCUT2D eigenvalue weighted by atomic mass is 10.0. The van der Waals surface area contributed by atoms with Crippen LogP contribution in [0.5, 0.6) is 11.5 Å². The third-order valence-electron chi connectivity index (χ3n) is 12.3. The molecule has 340 valence electrons. The first-order valence-corrected chi connectivity index (χ1v) is 26.6. The number of H-pyrrole nitrogens is 1. The first-order valence-electron chi connectivity index (χ1n) is 22.9. The van der Waals surface area contributed by atoms with Gasteiger partial charge in [-0.2, -0.15) is 0 Å². The number of benzene rings is 4. The second-order valence-corrected chi connectivity index (χ2v) is 23.8. The Balaban J connectivity index is 0.000000153. The average molecular weight is 919 g/mol. The first-order chi connectivity index (χ1) is 33.1. The second kappa shape index (κ2) is 17.8. The van der Waals surface area contributed by atoms with Crippen LogP contribution in [-0.2, 0) is 11.5 Å². The van der Waals surface area contributed by atoms with Crippen molar-refractivity contribution in [2.24, 2.45) is 0 Å². The minimum Gasteiger partial charge on any atom is -0.490 e. The molecule has 8 heterocycles. The molecule has 0 saturated heterocycles. The molecule has 68 heavy (non-hydrogen) atoms. The zero-order valence-corrected chi connectivity index (χ0v) is 39.6. The van der Waals surface area contributed by atoms with E-state index in [0.29, 0.717) is 19.9 Å². The number of hydrogen-bond acceptors (Lipinski definition) is 13. The average Bonchev–Trinajstić information content (AvgIpc) is 3.90. The number of pyridine rings is 2. The molecular formula is C52H50N12O3Si. The molecule has 0 amide bonds. The summed E-state index contributed by atoms with van der Waals surface area (Å²) in [5, 5.41) is 1.98. The highest BCUT2D eigenvalue weighted by Gasteiger charge is 2.24. The van der Waals surface area contributed by atoms with E-state index in [-0.39, 0.29) is 0 Å². The summed E-state index contributed by atoms with van der Waals surface area (Å²) in [5.74, 6) is 5.25. The van der Waals surface area contributed by atoms with Gasteiger partial charge < -0.3 is 29.0 Å². The molecule has 0 saturated carbocycles. The molecule has 0 atom stereocenters. The number of fused-ring (bicyclic) bond motifs is 6. The fraction of sp³-hybridized carbons (Fsp3) is 0.231. The number of nitrogens with one attached hydrogen (secondary N) is 1. The predicted molar refractivity (Wildman–Crippen MR) is 270 cm³/mol. The highest BCUT2D eigenvalue weighted by atomic mass is 28.3. The summed E-state index contributed by atoms with van der Waals surface area (Å²) < 4.78 is 19.7. The number of ether oxygens (including phenoxy) is 3. The molecular weight excluding hydrogens is 869 g/mol. The lowest BCUT2D eigenvalue weighted by molar-refractivity contribution is 0.0881. The molecule has 0 fully saturated rings. The maximum absolute atomic E-state index is 5.99. The van der Waals surface area contributed by atoms with Gasteiger partial charge in [0.1, 0.15) is 72.9 Å². The van der Waals surface area contributed by atoms with Crippen LogP contribution in [0, 0.1) is 13.8 Å². The fourth-order valence-corrected chi connectivity index (χ4v) is 9.56. The fourth-order valence-electron chi connectivity index (χ4n) is 8.80. The van der Waals surface area contributed by atoms with Gasteiger partial charge >= 0.3 is 0 Å². The summed E-state index contributed by atoms with van der Waals surface area (Å²) >= 11 is 0. The van der Waals surface area contributed by atoms with Crippen molar-refractivity contribution in [1.29, 1.82) is 0 Å². The van der Waals surface area contributed by atoms with E-state index in [9.17, 15) is 0 Å². The summed E-state index contributed by atoms with van der Waals surface area (Å²) in [6.07, 6.45) is 7.02. The SMILES string of the molecule is Cc1nc2cc(-c3ccc4ncnc(N5CCOc6ccccc65)c4c3)cnc2n1COCC[Si](C)(C)C.Cc1nc2ncc(-c3ccc4ncnc(N5CCOc6ccccc65)c4c3)cc2[nH]1. The molecule has 0 bridgehead atoms. The number of anilines is 4. The van der Waals surface area contributed by atoms with Crippen LogP contribution in [0.4, 0.5) is 23.0 Å². The third-order valence-corrected chi connectivity index (χ3v) is 14.0. The van der Waals surface area contributed by atoms with E-state index in [1.165, 1.54) is 0 Å². The van der Waals surface area contributed by atoms with Gasteiger partial charge in [-0.15, -0.1) is 0 Å². The van der Waals surface area contributed by atoms with E-state index < -0.39 is 8.07 Å². The molecule has 16 heteroatoms. The molecule has 15 nitrogen and oxygen atoms in total. The van der Waals surface area contributed by atoms with Crippen LogP contribution in [0.3, 0.4) is 0 Å². The third kappa shape index (κ3) is 8.43. The first kappa shape index (κ1) is 42.8. The highest BCUT2D eigenvalue weighted by Crippen LogP contribution is 2.40. The molecule has 1 N–H and O–H groups in total. The van der Waals surface area contributed by atoms with Crippen molar-refractivity contribution >= 4 is 75.2 Å². The van der Waals surface area contributed by atoms with Crippen LogP contribution >= 0.6 is 0 Å². The van der Waals surface area contributed by atoms with Crippen LogP contribution in [0.2, 0.25) is 25.7 Å². The summed E-state index contributed by atoms with van der Waals surface area (Å²) in [4.78, 5) is 44.5.